The van der Waals surface area contributed by atoms with E-state index in [1.807, 2.05) is 6.07 Å². The van der Waals surface area contributed by atoms with Crippen LogP contribution in [-0.4, -0.2) is 11.1 Å². The highest BCUT2D eigenvalue weighted by Crippen LogP contribution is 2.21. The molecule has 0 aromatic heterocycles. The van der Waals surface area contributed by atoms with Gasteiger partial charge in [-0.2, -0.15) is 0 Å². The molecule has 1 aromatic rings. The van der Waals surface area contributed by atoms with Crippen molar-refractivity contribution >= 4 is 18.6 Å². The Bertz CT molecular complexity index is 361. The SMILES string of the molecule is CCCCCCc1cccc(C(=O)O)c1S. The lowest BCUT2D eigenvalue weighted by molar-refractivity contribution is 0.0693. The van der Waals surface area contributed by atoms with E-state index in [0.29, 0.717) is 10.5 Å². The van der Waals surface area contributed by atoms with E-state index in [1.165, 1.54) is 19.3 Å². The Morgan fingerprint density at radius 1 is 1.31 bits per heavy atom. The summed E-state index contributed by atoms with van der Waals surface area (Å²) in [6.07, 6.45) is 5.66. The highest BCUT2D eigenvalue weighted by molar-refractivity contribution is 7.80. The summed E-state index contributed by atoms with van der Waals surface area (Å²) in [6, 6.07) is 5.35. The lowest BCUT2D eigenvalue weighted by atomic mass is 10.0. The summed E-state index contributed by atoms with van der Waals surface area (Å²) in [5.41, 5.74) is 1.34. The molecule has 0 radical (unpaired) electrons. The van der Waals surface area contributed by atoms with Gasteiger partial charge in [0.15, 0.2) is 0 Å². The van der Waals surface area contributed by atoms with Crippen molar-refractivity contribution in [3.63, 3.8) is 0 Å². The molecule has 16 heavy (non-hydrogen) atoms. The molecular weight excluding hydrogens is 220 g/mol. The number of carbonyl (C=O) groups is 1. The molecule has 0 spiro atoms. The largest absolute Gasteiger partial charge is 0.478 e. The van der Waals surface area contributed by atoms with Gasteiger partial charge in [-0.3, -0.25) is 0 Å². The number of aromatic carboxylic acids is 1. The quantitative estimate of drug-likeness (QED) is 0.584. The molecule has 1 rings (SSSR count). The second-order valence-corrected chi connectivity index (χ2v) is 4.38. The van der Waals surface area contributed by atoms with Gasteiger partial charge in [0.2, 0.25) is 0 Å². The van der Waals surface area contributed by atoms with Gasteiger partial charge in [-0.1, -0.05) is 38.3 Å². The van der Waals surface area contributed by atoms with E-state index in [9.17, 15) is 4.79 Å². The van der Waals surface area contributed by atoms with Gasteiger partial charge in [0, 0.05) is 4.90 Å². The van der Waals surface area contributed by atoms with Crippen molar-refractivity contribution in [1.29, 1.82) is 0 Å². The topological polar surface area (TPSA) is 37.3 Å². The van der Waals surface area contributed by atoms with Crippen molar-refractivity contribution in [2.24, 2.45) is 0 Å². The van der Waals surface area contributed by atoms with Crippen LogP contribution in [0, 0.1) is 0 Å². The van der Waals surface area contributed by atoms with Gasteiger partial charge >= 0.3 is 5.97 Å². The third-order valence-corrected chi connectivity index (χ3v) is 3.18. The standard InChI is InChI=1S/C13H18O2S/c1-2-3-4-5-7-10-8-6-9-11(12(10)16)13(14)15/h6,8-9,16H,2-5,7H2,1H3,(H,14,15). The van der Waals surface area contributed by atoms with E-state index in [4.69, 9.17) is 5.11 Å². The Morgan fingerprint density at radius 2 is 2.06 bits per heavy atom. The van der Waals surface area contributed by atoms with Crippen LogP contribution in [0.1, 0.15) is 48.5 Å². The molecule has 88 valence electrons. The lowest BCUT2D eigenvalue weighted by Crippen LogP contribution is -2.00. The highest BCUT2D eigenvalue weighted by Gasteiger charge is 2.10. The summed E-state index contributed by atoms with van der Waals surface area (Å²) >= 11 is 4.29. The predicted octanol–water partition coefficient (Wildman–Crippen LogP) is 3.80. The number of rotatable bonds is 6. The molecule has 1 N–H and O–H groups in total. The zero-order valence-corrected chi connectivity index (χ0v) is 10.5. The van der Waals surface area contributed by atoms with Crippen LogP contribution in [0.5, 0.6) is 0 Å². The number of hydrogen-bond acceptors (Lipinski definition) is 2. The monoisotopic (exact) mass is 238 g/mol. The zero-order chi connectivity index (χ0) is 12.0. The molecule has 0 fully saturated rings. The summed E-state index contributed by atoms with van der Waals surface area (Å²) in [7, 11) is 0. The van der Waals surface area contributed by atoms with Crippen molar-refractivity contribution in [3.05, 3.63) is 29.3 Å². The van der Waals surface area contributed by atoms with Crippen molar-refractivity contribution in [3.8, 4) is 0 Å². The van der Waals surface area contributed by atoms with Crippen LogP contribution in [0.25, 0.3) is 0 Å². The second-order valence-electron chi connectivity index (χ2n) is 3.93. The molecule has 1 aromatic carbocycles. The van der Waals surface area contributed by atoms with Crippen molar-refractivity contribution in [2.75, 3.05) is 0 Å². The Kier molecular flexibility index (Phi) is 5.39. The number of carboxylic acids is 1. The minimum Gasteiger partial charge on any atom is -0.478 e. The molecule has 0 aliphatic rings. The number of unbranched alkanes of at least 4 members (excludes halogenated alkanes) is 3. The van der Waals surface area contributed by atoms with Gasteiger partial charge in [0.1, 0.15) is 0 Å². The number of benzene rings is 1. The molecule has 0 atom stereocenters. The van der Waals surface area contributed by atoms with E-state index in [2.05, 4.69) is 19.6 Å². The third kappa shape index (κ3) is 3.56. The minimum atomic E-state index is -0.902. The first kappa shape index (κ1) is 13.1. The van der Waals surface area contributed by atoms with E-state index in [-0.39, 0.29) is 0 Å². The molecule has 0 saturated heterocycles. The first-order chi connectivity index (χ1) is 7.66. The van der Waals surface area contributed by atoms with Crippen LogP contribution in [0.3, 0.4) is 0 Å². The molecule has 0 aliphatic heterocycles. The highest BCUT2D eigenvalue weighted by atomic mass is 32.1. The summed E-state index contributed by atoms with van der Waals surface area (Å²) in [5.74, 6) is -0.902. The molecule has 0 bridgehead atoms. The van der Waals surface area contributed by atoms with Gasteiger partial charge in [0.25, 0.3) is 0 Å². The van der Waals surface area contributed by atoms with Crippen LogP contribution in [0.4, 0.5) is 0 Å². The van der Waals surface area contributed by atoms with Crippen LogP contribution < -0.4 is 0 Å². The first-order valence-corrected chi connectivity index (χ1v) is 6.15. The molecule has 0 unspecified atom stereocenters. The Hall–Kier alpha value is -0.960. The maximum Gasteiger partial charge on any atom is 0.336 e. The third-order valence-electron chi connectivity index (χ3n) is 2.65. The summed E-state index contributed by atoms with van der Waals surface area (Å²) in [6.45, 7) is 2.18. The normalized spacial score (nSPS) is 10.4. The van der Waals surface area contributed by atoms with E-state index < -0.39 is 5.97 Å². The summed E-state index contributed by atoms with van der Waals surface area (Å²) in [5, 5.41) is 8.95. The van der Waals surface area contributed by atoms with E-state index >= 15 is 0 Å². The van der Waals surface area contributed by atoms with Gasteiger partial charge in [-0.25, -0.2) is 4.79 Å². The minimum absolute atomic E-state index is 0.302. The number of carboxylic acid groups (broad SMARTS) is 1. The summed E-state index contributed by atoms with van der Waals surface area (Å²) < 4.78 is 0. The fourth-order valence-corrected chi connectivity index (χ4v) is 2.06. The molecule has 0 amide bonds. The maximum atomic E-state index is 10.9. The van der Waals surface area contributed by atoms with Crippen LogP contribution in [-0.2, 0) is 6.42 Å². The van der Waals surface area contributed by atoms with Crippen LogP contribution in [0.15, 0.2) is 23.1 Å². The van der Waals surface area contributed by atoms with Crippen molar-refractivity contribution in [1.82, 2.24) is 0 Å². The molecule has 0 saturated carbocycles. The molecule has 2 nitrogen and oxygen atoms in total. The number of hydrogen-bond donors (Lipinski definition) is 2. The second kappa shape index (κ2) is 6.59. The Balaban J connectivity index is 2.66. The average Bonchev–Trinajstić information content (AvgIpc) is 2.26. The molecule has 0 aliphatic carbocycles. The molecule has 3 heteroatoms. The average molecular weight is 238 g/mol. The fourth-order valence-electron chi connectivity index (χ4n) is 1.71. The van der Waals surface area contributed by atoms with E-state index in [0.717, 1.165) is 18.4 Å². The smallest absolute Gasteiger partial charge is 0.336 e. The van der Waals surface area contributed by atoms with Crippen LogP contribution in [0.2, 0.25) is 0 Å². The van der Waals surface area contributed by atoms with Crippen LogP contribution >= 0.6 is 12.6 Å². The van der Waals surface area contributed by atoms with Gasteiger partial charge in [0.05, 0.1) is 5.56 Å². The lowest BCUT2D eigenvalue weighted by Gasteiger charge is -2.07. The van der Waals surface area contributed by atoms with Crippen molar-refractivity contribution < 1.29 is 9.90 Å². The predicted molar refractivity (Wildman–Crippen MR) is 68.5 cm³/mol. The van der Waals surface area contributed by atoms with Gasteiger partial charge < -0.3 is 5.11 Å². The van der Waals surface area contributed by atoms with E-state index in [1.54, 1.807) is 12.1 Å². The molecular formula is C13H18O2S. The number of thiol groups is 1. The number of aryl methyl sites for hydroxylation is 1. The zero-order valence-electron chi connectivity index (χ0n) is 9.57. The van der Waals surface area contributed by atoms with Crippen molar-refractivity contribution in [2.45, 2.75) is 43.9 Å². The van der Waals surface area contributed by atoms with Gasteiger partial charge in [-0.15, -0.1) is 12.6 Å². The first-order valence-electron chi connectivity index (χ1n) is 5.71. The van der Waals surface area contributed by atoms with Gasteiger partial charge in [-0.05, 0) is 24.5 Å². The maximum absolute atomic E-state index is 10.9. The Morgan fingerprint density at radius 3 is 2.69 bits per heavy atom. The fraction of sp³-hybridized carbons (Fsp3) is 0.462. The summed E-state index contributed by atoms with van der Waals surface area (Å²) in [4.78, 5) is 11.5. The molecule has 0 heterocycles. The Labute approximate surface area is 102 Å².